The summed E-state index contributed by atoms with van der Waals surface area (Å²) in [5.41, 5.74) is 5.93. The number of hydrogen-bond acceptors (Lipinski definition) is 5. The minimum Gasteiger partial charge on any atom is -0.497 e. The van der Waals surface area contributed by atoms with E-state index in [4.69, 9.17) is 15.2 Å². The Kier molecular flexibility index (Phi) is 4.28. The summed E-state index contributed by atoms with van der Waals surface area (Å²) in [6, 6.07) is 4.31. The number of hydrogen-bond donors (Lipinski definition) is 2. The van der Waals surface area contributed by atoms with Crippen molar-refractivity contribution in [3.63, 3.8) is 0 Å². The fourth-order valence-electron chi connectivity index (χ4n) is 2.01. The molecule has 2 rings (SSSR count). The molecule has 1 aromatic rings. The highest BCUT2D eigenvalue weighted by atomic mass is 32.2. The van der Waals surface area contributed by atoms with Crippen LogP contribution in [0.5, 0.6) is 5.75 Å². The second-order valence-corrected chi connectivity index (χ2v) is 6.12. The average molecular weight is 286 g/mol. The van der Waals surface area contributed by atoms with Crippen molar-refractivity contribution in [2.75, 3.05) is 26.1 Å². The highest BCUT2D eigenvalue weighted by Gasteiger charge is 2.24. The Morgan fingerprint density at radius 1 is 1.47 bits per heavy atom. The molecule has 1 atom stereocenters. The van der Waals surface area contributed by atoms with Gasteiger partial charge in [0.15, 0.2) is 0 Å². The van der Waals surface area contributed by atoms with Gasteiger partial charge in [0.25, 0.3) is 0 Å². The Hall–Kier alpha value is -1.31. The van der Waals surface area contributed by atoms with E-state index in [1.54, 1.807) is 6.07 Å². The van der Waals surface area contributed by atoms with Crippen molar-refractivity contribution >= 4 is 15.7 Å². The first kappa shape index (κ1) is 14.1. The van der Waals surface area contributed by atoms with Gasteiger partial charge < -0.3 is 15.2 Å². The Bertz CT molecular complexity index is 539. The fourth-order valence-corrected chi connectivity index (χ4v) is 3.38. The second kappa shape index (κ2) is 5.77. The third kappa shape index (κ3) is 3.37. The average Bonchev–Trinajstić information content (AvgIpc) is 2.38. The number of methoxy groups -OCH3 is 1. The molecule has 0 saturated carbocycles. The largest absolute Gasteiger partial charge is 0.497 e. The van der Waals surface area contributed by atoms with Crippen LogP contribution in [0.25, 0.3) is 0 Å². The first-order valence-corrected chi connectivity index (χ1v) is 7.55. The summed E-state index contributed by atoms with van der Waals surface area (Å²) in [5, 5.41) is 0. The van der Waals surface area contributed by atoms with Crippen LogP contribution in [0.2, 0.25) is 0 Å². The first-order chi connectivity index (χ1) is 9.03. The monoisotopic (exact) mass is 286 g/mol. The van der Waals surface area contributed by atoms with E-state index in [9.17, 15) is 8.42 Å². The van der Waals surface area contributed by atoms with E-state index in [0.717, 1.165) is 12.8 Å². The molecule has 1 fully saturated rings. The summed E-state index contributed by atoms with van der Waals surface area (Å²) in [5.74, 6) is 0.525. The summed E-state index contributed by atoms with van der Waals surface area (Å²) in [4.78, 5) is 0.0684. The van der Waals surface area contributed by atoms with Gasteiger partial charge in [-0.2, -0.15) is 0 Å². The summed E-state index contributed by atoms with van der Waals surface area (Å²) in [6.07, 6.45) is 1.63. The lowest BCUT2D eigenvalue weighted by molar-refractivity contribution is 0.0774. The lowest BCUT2D eigenvalue weighted by Gasteiger charge is -2.23. The number of rotatable bonds is 4. The maximum Gasteiger partial charge on any atom is 0.242 e. The molecule has 106 valence electrons. The van der Waals surface area contributed by atoms with Gasteiger partial charge in [-0.25, -0.2) is 13.1 Å². The van der Waals surface area contributed by atoms with Crippen molar-refractivity contribution in [2.24, 2.45) is 0 Å². The molecule has 0 amide bonds. The van der Waals surface area contributed by atoms with Gasteiger partial charge in [0, 0.05) is 18.7 Å². The number of sulfonamides is 1. The molecule has 0 radical (unpaired) electrons. The van der Waals surface area contributed by atoms with Gasteiger partial charge in [0.2, 0.25) is 10.0 Å². The minimum atomic E-state index is -3.63. The molecule has 3 N–H and O–H groups in total. The number of anilines is 1. The van der Waals surface area contributed by atoms with Crippen LogP contribution in [-0.2, 0) is 14.8 Å². The SMILES string of the molecule is COc1ccc(S(=O)(=O)NC2CCCOC2)c(N)c1. The zero-order chi connectivity index (χ0) is 13.9. The smallest absolute Gasteiger partial charge is 0.242 e. The highest BCUT2D eigenvalue weighted by molar-refractivity contribution is 7.89. The predicted octanol–water partition coefficient (Wildman–Crippen LogP) is 0.735. The quantitative estimate of drug-likeness (QED) is 0.796. The number of nitrogens with two attached hydrogens (primary N) is 1. The molecule has 0 aromatic heterocycles. The van der Waals surface area contributed by atoms with E-state index in [2.05, 4.69) is 4.72 Å². The van der Waals surface area contributed by atoms with Gasteiger partial charge >= 0.3 is 0 Å². The van der Waals surface area contributed by atoms with E-state index >= 15 is 0 Å². The van der Waals surface area contributed by atoms with Crippen LogP contribution in [0.4, 0.5) is 5.69 Å². The molecule has 1 saturated heterocycles. The third-order valence-corrected chi connectivity index (χ3v) is 4.58. The van der Waals surface area contributed by atoms with Crippen LogP contribution in [-0.4, -0.2) is 34.8 Å². The van der Waals surface area contributed by atoms with Gasteiger partial charge in [-0.1, -0.05) is 0 Å². The molecule has 6 nitrogen and oxygen atoms in total. The van der Waals surface area contributed by atoms with Crippen LogP contribution in [0.1, 0.15) is 12.8 Å². The molecule has 0 bridgehead atoms. The summed E-state index contributed by atoms with van der Waals surface area (Å²) >= 11 is 0. The van der Waals surface area contributed by atoms with E-state index in [1.165, 1.54) is 19.2 Å². The molecule has 1 unspecified atom stereocenters. The second-order valence-electron chi connectivity index (χ2n) is 4.44. The molecular formula is C12H18N2O4S. The van der Waals surface area contributed by atoms with Crippen LogP contribution >= 0.6 is 0 Å². The zero-order valence-corrected chi connectivity index (χ0v) is 11.6. The van der Waals surface area contributed by atoms with Crippen LogP contribution in [0, 0.1) is 0 Å². The first-order valence-electron chi connectivity index (χ1n) is 6.06. The molecule has 1 aliphatic heterocycles. The van der Waals surface area contributed by atoms with Crippen molar-refractivity contribution in [1.29, 1.82) is 0 Å². The van der Waals surface area contributed by atoms with Crippen molar-refractivity contribution in [3.05, 3.63) is 18.2 Å². The molecule has 1 aromatic carbocycles. The topological polar surface area (TPSA) is 90.7 Å². The Labute approximate surface area is 112 Å². The summed E-state index contributed by atoms with van der Waals surface area (Å²) in [6.45, 7) is 1.08. The number of nitrogen functional groups attached to an aromatic ring is 1. The zero-order valence-electron chi connectivity index (χ0n) is 10.8. The van der Waals surface area contributed by atoms with Crippen LogP contribution in [0.15, 0.2) is 23.1 Å². The number of ether oxygens (including phenoxy) is 2. The van der Waals surface area contributed by atoms with Crippen LogP contribution in [0.3, 0.4) is 0 Å². The lowest BCUT2D eigenvalue weighted by atomic mass is 10.1. The molecule has 1 aliphatic rings. The van der Waals surface area contributed by atoms with E-state index in [1.807, 2.05) is 0 Å². The Morgan fingerprint density at radius 2 is 2.26 bits per heavy atom. The van der Waals surface area contributed by atoms with E-state index < -0.39 is 10.0 Å². The van der Waals surface area contributed by atoms with E-state index in [-0.39, 0.29) is 16.6 Å². The van der Waals surface area contributed by atoms with Gasteiger partial charge in [0.05, 0.1) is 19.4 Å². The van der Waals surface area contributed by atoms with Gasteiger partial charge in [-0.15, -0.1) is 0 Å². The Balaban J connectivity index is 2.18. The summed E-state index contributed by atoms with van der Waals surface area (Å²) < 4.78 is 37.3. The van der Waals surface area contributed by atoms with E-state index in [0.29, 0.717) is 19.0 Å². The number of nitrogens with one attached hydrogen (secondary N) is 1. The molecule has 0 spiro atoms. The fraction of sp³-hybridized carbons (Fsp3) is 0.500. The predicted molar refractivity (Wildman–Crippen MR) is 71.6 cm³/mol. The highest BCUT2D eigenvalue weighted by Crippen LogP contribution is 2.24. The standard InChI is InChI=1S/C12H18N2O4S/c1-17-10-4-5-12(11(13)7-10)19(15,16)14-9-3-2-6-18-8-9/h4-5,7,9,14H,2-3,6,8,13H2,1H3. The van der Waals surface area contributed by atoms with Crippen LogP contribution < -0.4 is 15.2 Å². The van der Waals surface area contributed by atoms with Gasteiger partial charge in [-0.3, -0.25) is 0 Å². The molecule has 1 heterocycles. The molecule has 0 aliphatic carbocycles. The molecule has 19 heavy (non-hydrogen) atoms. The maximum atomic E-state index is 12.2. The number of benzene rings is 1. The normalized spacial score (nSPS) is 20.2. The van der Waals surface area contributed by atoms with Crippen molar-refractivity contribution < 1.29 is 17.9 Å². The molecule has 7 heteroatoms. The minimum absolute atomic E-state index is 0.0684. The van der Waals surface area contributed by atoms with Crippen molar-refractivity contribution in [1.82, 2.24) is 4.72 Å². The molecular weight excluding hydrogens is 268 g/mol. The van der Waals surface area contributed by atoms with Gasteiger partial charge in [0.1, 0.15) is 10.6 Å². The lowest BCUT2D eigenvalue weighted by Crippen LogP contribution is -2.40. The Morgan fingerprint density at radius 3 is 2.84 bits per heavy atom. The summed E-state index contributed by atoms with van der Waals surface area (Å²) in [7, 11) is -2.13. The third-order valence-electron chi connectivity index (χ3n) is 2.99. The maximum absolute atomic E-state index is 12.2. The van der Waals surface area contributed by atoms with Crippen molar-refractivity contribution in [2.45, 2.75) is 23.8 Å². The van der Waals surface area contributed by atoms with Gasteiger partial charge in [-0.05, 0) is 25.0 Å². The van der Waals surface area contributed by atoms with Crippen molar-refractivity contribution in [3.8, 4) is 5.75 Å².